The van der Waals surface area contributed by atoms with Gasteiger partial charge in [0, 0.05) is 17.2 Å². The number of rotatable bonds is 3. The van der Waals surface area contributed by atoms with E-state index in [2.05, 4.69) is 15.0 Å². The van der Waals surface area contributed by atoms with Gasteiger partial charge < -0.3 is 25.7 Å². The van der Waals surface area contributed by atoms with Crippen LogP contribution in [0.5, 0.6) is 0 Å². The number of aliphatic hydroxyl groups excluding tert-OH is 2. The van der Waals surface area contributed by atoms with Gasteiger partial charge >= 0.3 is 0 Å². The third-order valence-electron chi connectivity index (χ3n) is 3.75. The van der Waals surface area contributed by atoms with Crippen molar-refractivity contribution in [1.29, 1.82) is 0 Å². The van der Waals surface area contributed by atoms with E-state index in [0.717, 1.165) is 11.1 Å². The van der Waals surface area contributed by atoms with Crippen LogP contribution in [0.2, 0.25) is 0 Å². The minimum atomic E-state index is -0.577. The van der Waals surface area contributed by atoms with Gasteiger partial charge in [0.25, 0.3) is 0 Å². The van der Waals surface area contributed by atoms with Gasteiger partial charge in [0.05, 0.1) is 31.4 Å². The first-order valence-corrected chi connectivity index (χ1v) is 6.10. The lowest BCUT2D eigenvalue weighted by Gasteiger charge is -2.21. The van der Waals surface area contributed by atoms with Crippen molar-refractivity contribution in [2.45, 2.75) is 12.5 Å². The molecule has 0 amide bonds. The molecule has 1 saturated heterocycles. The summed E-state index contributed by atoms with van der Waals surface area (Å²) in [7, 11) is 0. The normalized spacial score (nSPS) is 22.1. The van der Waals surface area contributed by atoms with E-state index >= 15 is 0 Å². The summed E-state index contributed by atoms with van der Waals surface area (Å²) in [5.41, 5.74) is 7.49. The smallest absolute Gasteiger partial charge is 0.151 e. The number of fused-ring (bicyclic) bond motifs is 1. The molecule has 2 aromatic heterocycles. The third kappa shape index (κ3) is 1.86. The summed E-state index contributed by atoms with van der Waals surface area (Å²) in [6.07, 6.45) is 3.56. The Labute approximate surface area is 109 Å². The average molecular weight is 264 g/mol. The molecule has 1 atom stereocenters. The number of aromatic amines is 1. The van der Waals surface area contributed by atoms with E-state index in [9.17, 15) is 10.2 Å². The number of nitrogen functional groups attached to an aromatic ring is 1. The highest BCUT2D eigenvalue weighted by molar-refractivity contribution is 5.87. The van der Waals surface area contributed by atoms with Crippen molar-refractivity contribution in [3.8, 4) is 0 Å². The fourth-order valence-electron chi connectivity index (χ4n) is 2.48. The van der Waals surface area contributed by atoms with Crippen LogP contribution < -0.4 is 5.73 Å². The maximum atomic E-state index is 9.40. The van der Waals surface area contributed by atoms with Crippen LogP contribution in [0.4, 0.5) is 5.82 Å². The number of nitrogens with two attached hydrogens (primary N) is 1. The van der Waals surface area contributed by atoms with Crippen molar-refractivity contribution in [3.63, 3.8) is 0 Å². The van der Waals surface area contributed by atoms with E-state index in [1.54, 1.807) is 6.20 Å². The molecule has 1 unspecified atom stereocenters. The van der Waals surface area contributed by atoms with Crippen LogP contribution in [-0.4, -0.2) is 45.0 Å². The molecule has 5 N–H and O–H groups in total. The SMILES string of the molecule is Nc1ncnc2c(C3CC(CO)(CO)CO3)c[nH]c12. The van der Waals surface area contributed by atoms with Gasteiger partial charge in [0.2, 0.25) is 0 Å². The predicted octanol–water partition coefficient (Wildman–Crippen LogP) is -0.0275. The van der Waals surface area contributed by atoms with Crippen molar-refractivity contribution in [3.05, 3.63) is 18.1 Å². The Morgan fingerprint density at radius 1 is 1.42 bits per heavy atom. The molecule has 0 aliphatic carbocycles. The van der Waals surface area contributed by atoms with E-state index in [4.69, 9.17) is 10.5 Å². The van der Waals surface area contributed by atoms with Crippen LogP contribution in [0, 0.1) is 5.41 Å². The summed E-state index contributed by atoms with van der Waals surface area (Å²) in [5, 5.41) is 18.8. The number of H-pyrrole nitrogens is 1. The van der Waals surface area contributed by atoms with E-state index < -0.39 is 5.41 Å². The number of hydrogen-bond acceptors (Lipinski definition) is 6. The average Bonchev–Trinajstić information content (AvgIpc) is 3.03. The monoisotopic (exact) mass is 264 g/mol. The van der Waals surface area contributed by atoms with Gasteiger partial charge in [-0.25, -0.2) is 9.97 Å². The number of aromatic nitrogens is 3. The minimum Gasteiger partial charge on any atom is -0.396 e. The summed E-state index contributed by atoms with van der Waals surface area (Å²) in [6, 6.07) is 0. The van der Waals surface area contributed by atoms with Crippen LogP contribution in [-0.2, 0) is 4.74 Å². The fourth-order valence-corrected chi connectivity index (χ4v) is 2.48. The Hall–Kier alpha value is -1.70. The lowest BCUT2D eigenvalue weighted by molar-refractivity contribution is 0.0353. The van der Waals surface area contributed by atoms with Crippen molar-refractivity contribution < 1.29 is 14.9 Å². The Morgan fingerprint density at radius 3 is 2.89 bits per heavy atom. The molecule has 2 aromatic rings. The molecule has 3 heterocycles. The van der Waals surface area contributed by atoms with Crippen molar-refractivity contribution in [2.24, 2.45) is 5.41 Å². The van der Waals surface area contributed by atoms with Crippen molar-refractivity contribution in [2.75, 3.05) is 25.6 Å². The highest BCUT2D eigenvalue weighted by Crippen LogP contribution is 2.42. The lowest BCUT2D eigenvalue weighted by atomic mass is 9.86. The molecule has 1 fully saturated rings. The lowest BCUT2D eigenvalue weighted by Crippen LogP contribution is -2.29. The Kier molecular flexibility index (Phi) is 2.89. The molecule has 0 aromatic carbocycles. The van der Waals surface area contributed by atoms with Gasteiger partial charge in [0.1, 0.15) is 11.8 Å². The molecule has 0 spiro atoms. The first-order valence-electron chi connectivity index (χ1n) is 6.10. The van der Waals surface area contributed by atoms with E-state index in [1.165, 1.54) is 6.33 Å². The number of anilines is 1. The number of nitrogens with one attached hydrogen (secondary N) is 1. The van der Waals surface area contributed by atoms with Gasteiger partial charge in [-0.3, -0.25) is 0 Å². The highest BCUT2D eigenvalue weighted by Gasteiger charge is 2.41. The van der Waals surface area contributed by atoms with Crippen LogP contribution in [0.15, 0.2) is 12.5 Å². The topological polar surface area (TPSA) is 117 Å². The molecule has 3 rings (SSSR count). The van der Waals surface area contributed by atoms with Crippen LogP contribution in [0.3, 0.4) is 0 Å². The zero-order valence-corrected chi connectivity index (χ0v) is 10.3. The summed E-state index contributed by atoms with van der Waals surface area (Å²) in [5.74, 6) is 0.393. The first-order chi connectivity index (χ1) is 9.19. The summed E-state index contributed by atoms with van der Waals surface area (Å²) in [6.45, 7) is 0.136. The van der Waals surface area contributed by atoms with Gasteiger partial charge in [-0.1, -0.05) is 0 Å². The van der Waals surface area contributed by atoms with Gasteiger partial charge in [0.15, 0.2) is 5.82 Å². The maximum absolute atomic E-state index is 9.40. The largest absolute Gasteiger partial charge is 0.396 e. The second-order valence-corrected chi connectivity index (χ2v) is 5.05. The number of nitrogens with zero attached hydrogens (tertiary/aromatic N) is 2. The standard InChI is InChI=1S/C12H16N4O3/c13-11-10-9(15-6-16-11)7(2-14-10)8-1-12(3-17,4-18)5-19-8/h2,6,8,14,17-18H,1,3-5H2,(H2,13,15,16). The molecular weight excluding hydrogens is 248 g/mol. The van der Waals surface area contributed by atoms with Crippen molar-refractivity contribution >= 4 is 16.9 Å². The van der Waals surface area contributed by atoms with E-state index in [-0.39, 0.29) is 19.3 Å². The van der Waals surface area contributed by atoms with Gasteiger partial charge in [-0.05, 0) is 6.42 Å². The molecule has 19 heavy (non-hydrogen) atoms. The quantitative estimate of drug-likeness (QED) is 0.618. The highest BCUT2D eigenvalue weighted by atomic mass is 16.5. The summed E-state index contributed by atoms with van der Waals surface area (Å²) < 4.78 is 5.70. The van der Waals surface area contributed by atoms with Crippen LogP contribution >= 0.6 is 0 Å². The molecule has 0 saturated carbocycles. The Morgan fingerprint density at radius 2 is 2.21 bits per heavy atom. The third-order valence-corrected chi connectivity index (χ3v) is 3.75. The van der Waals surface area contributed by atoms with E-state index in [0.29, 0.717) is 24.4 Å². The number of ether oxygens (including phenoxy) is 1. The van der Waals surface area contributed by atoms with Gasteiger partial charge in [-0.15, -0.1) is 0 Å². The molecular formula is C12H16N4O3. The first kappa shape index (κ1) is 12.3. The van der Waals surface area contributed by atoms with E-state index in [1.807, 2.05) is 0 Å². The van der Waals surface area contributed by atoms with Crippen LogP contribution in [0.1, 0.15) is 18.1 Å². The van der Waals surface area contributed by atoms with Crippen molar-refractivity contribution in [1.82, 2.24) is 15.0 Å². The molecule has 1 aliphatic heterocycles. The molecule has 0 bridgehead atoms. The molecule has 1 aliphatic rings. The minimum absolute atomic E-state index is 0.0977. The van der Waals surface area contributed by atoms with Crippen LogP contribution in [0.25, 0.3) is 11.0 Å². The fraction of sp³-hybridized carbons (Fsp3) is 0.500. The zero-order chi connectivity index (χ0) is 13.5. The zero-order valence-electron chi connectivity index (χ0n) is 10.3. The second kappa shape index (κ2) is 4.44. The molecule has 0 radical (unpaired) electrons. The Balaban J connectivity index is 1.96. The number of aliphatic hydroxyl groups is 2. The van der Waals surface area contributed by atoms with Gasteiger partial charge in [-0.2, -0.15) is 0 Å². The number of hydrogen-bond donors (Lipinski definition) is 4. The summed E-state index contributed by atoms with van der Waals surface area (Å²) in [4.78, 5) is 11.2. The molecule has 7 heteroatoms. The Bertz CT molecular complexity index is 594. The maximum Gasteiger partial charge on any atom is 0.151 e. The molecule has 102 valence electrons. The second-order valence-electron chi connectivity index (χ2n) is 5.05. The predicted molar refractivity (Wildman–Crippen MR) is 68.2 cm³/mol. The molecule has 7 nitrogen and oxygen atoms in total. The summed E-state index contributed by atoms with van der Waals surface area (Å²) >= 11 is 0.